The van der Waals surface area contributed by atoms with Crippen LogP contribution < -0.4 is 15.8 Å². The van der Waals surface area contributed by atoms with Crippen LogP contribution in [0, 0.1) is 0 Å². The van der Waals surface area contributed by atoms with Crippen molar-refractivity contribution in [2.45, 2.75) is 5.92 Å². The summed E-state index contributed by atoms with van der Waals surface area (Å²) in [7, 11) is 1.37. The van der Waals surface area contributed by atoms with Gasteiger partial charge in [0.15, 0.2) is 0 Å². The number of amides is 1. The van der Waals surface area contributed by atoms with Crippen molar-refractivity contribution in [3.05, 3.63) is 28.8 Å². The molecule has 0 fully saturated rings. The van der Waals surface area contributed by atoms with Crippen molar-refractivity contribution in [1.29, 1.82) is 0 Å². The minimum Gasteiger partial charge on any atom is -0.496 e. The summed E-state index contributed by atoms with van der Waals surface area (Å²) in [6.45, 7) is -1.67. The van der Waals surface area contributed by atoms with Crippen molar-refractivity contribution in [3.63, 3.8) is 0 Å². The molecule has 0 atom stereocenters. The van der Waals surface area contributed by atoms with Gasteiger partial charge < -0.3 is 15.8 Å². The average molecular weight is 279 g/mol. The third kappa shape index (κ3) is 3.82. The lowest BCUT2D eigenvalue weighted by molar-refractivity contribution is 0.0118. The Morgan fingerprint density at radius 3 is 2.78 bits per heavy atom. The number of nitrogens with one attached hydrogen (secondary N) is 1. The fourth-order valence-electron chi connectivity index (χ4n) is 1.23. The van der Waals surface area contributed by atoms with E-state index in [2.05, 4.69) is 5.32 Å². The first-order valence-corrected chi connectivity index (χ1v) is 5.47. The smallest absolute Gasteiger partial charge is 0.277 e. The molecule has 0 unspecified atom stereocenters. The van der Waals surface area contributed by atoms with Gasteiger partial charge in [-0.1, -0.05) is 11.6 Å². The highest BCUT2D eigenvalue weighted by Gasteiger charge is 2.27. The van der Waals surface area contributed by atoms with Gasteiger partial charge in [0.2, 0.25) is 0 Å². The molecule has 1 rings (SSSR count). The molecule has 0 aliphatic heterocycles. The average Bonchev–Trinajstić information content (AvgIpc) is 2.36. The van der Waals surface area contributed by atoms with E-state index in [1.807, 2.05) is 0 Å². The van der Waals surface area contributed by atoms with Crippen LogP contribution in [0.4, 0.5) is 8.78 Å². The maximum absolute atomic E-state index is 12.9. The van der Waals surface area contributed by atoms with Gasteiger partial charge in [0.05, 0.1) is 25.8 Å². The van der Waals surface area contributed by atoms with Crippen molar-refractivity contribution >= 4 is 17.5 Å². The maximum Gasteiger partial charge on any atom is 0.277 e. The van der Waals surface area contributed by atoms with Gasteiger partial charge in [-0.15, -0.1) is 0 Å². The normalized spacial score (nSPS) is 11.2. The number of methoxy groups -OCH3 is 1. The molecule has 1 aromatic rings. The van der Waals surface area contributed by atoms with Gasteiger partial charge in [0.25, 0.3) is 11.8 Å². The molecule has 0 spiro atoms. The SMILES string of the molecule is COc1ccc(Cl)cc1C(=O)NCC(F)(F)CN. The molecule has 0 aromatic heterocycles. The molecule has 7 heteroatoms. The van der Waals surface area contributed by atoms with Crippen LogP contribution in [0.25, 0.3) is 0 Å². The standard InChI is InChI=1S/C11H13ClF2N2O2/c1-18-9-3-2-7(12)4-8(9)10(17)16-6-11(13,14)5-15/h2-4H,5-6,15H2,1H3,(H,16,17). The lowest BCUT2D eigenvalue weighted by atomic mass is 10.2. The predicted molar refractivity (Wildman–Crippen MR) is 64.3 cm³/mol. The van der Waals surface area contributed by atoms with Gasteiger partial charge in [-0.05, 0) is 18.2 Å². The van der Waals surface area contributed by atoms with Gasteiger partial charge in [0, 0.05) is 5.02 Å². The largest absolute Gasteiger partial charge is 0.496 e. The monoisotopic (exact) mass is 278 g/mol. The highest BCUT2D eigenvalue weighted by atomic mass is 35.5. The zero-order chi connectivity index (χ0) is 13.8. The zero-order valence-electron chi connectivity index (χ0n) is 9.67. The van der Waals surface area contributed by atoms with E-state index in [9.17, 15) is 13.6 Å². The number of benzene rings is 1. The summed E-state index contributed by atoms with van der Waals surface area (Å²) in [5.74, 6) is -3.57. The minimum absolute atomic E-state index is 0.0952. The Balaban J connectivity index is 2.81. The zero-order valence-corrected chi connectivity index (χ0v) is 10.4. The van der Waals surface area contributed by atoms with Crippen molar-refractivity contribution in [1.82, 2.24) is 5.32 Å². The second kappa shape index (κ2) is 5.97. The van der Waals surface area contributed by atoms with Crippen LogP contribution >= 0.6 is 11.6 Å². The Morgan fingerprint density at radius 2 is 2.22 bits per heavy atom. The van der Waals surface area contributed by atoms with Crippen molar-refractivity contribution in [2.75, 3.05) is 20.2 Å². The number of ether oxygens (including phenoxy) is 1. The number of hydrogen-bond donors (Lipinski definition) is 2. The number of hydrogen-bond acceptors (Lipinski definition) is 3. The number of carbonyl (C=O) groups excluding carboxylic acids is 1. The Bertz CT molecular complexity index is 441. The van der Waals surface area contributed by atoms with Gasteiger partial charge in [-0.3, -0.25) is 4.79 Å². The highest BCUT2D eigenvalue weighted by Crippen LogP contribution is 2.22. The van der Waals surface area contributed by atoms with Crippen molar-refractivity contribution < 1.29 is 18.3 Å². The summed E-state index contributed by atoms with van der Waals surface area (Å²) in [5, 5.41) is 2.40. The van der Waals surface area contributed by atoms with Crippen LogP contribution in [-0.4, -0.2) is 32.0 Å². The highest BCUT2D eigenvalue weighted by molar-refractivity contribution is 6.31. The predicted octanol–water partition coefficient (Wildman–Crippen LogP) is 1.67. The summed E-state index contributed by atoms with van der Waals surface area (Å²) in [6.07, 6.45) is 0. The molecule has 0 bridgehead atoms. The molecule has 0 saturated heterocycles. The van der Waals surface area contributed by atoms with E-state index in [0.29, 0.717) is 5.02 Å². The second-order valence-corrected chi connectivity index (χ2v) is 4.02. The Kier molecular flexibility index (Phi) is 4.86. The van der Waals surface area contributed by atoms with E-state index in [4.69, 9.17) is 22.1 Å². The summed E-state index contributed by atoms with van der Waals surface area (Å²) in [4.78, 5) is 11.7. The van der Waals surface area contributed by atoms with Crippen molar-refractivity contribution in [3.8, 4) is 5.75 Å². The molecule has 18 heavy (non-hydrogen) atoms. The van der Waals surface area contributed by atoms with Crippen molar-refractivity contribution in [2.24, 2.45) is 5.73 Å². The Labute approximate surface area is 108 Å². The Morgan fingerprint density at radius 1 is 1.56 bits per heavy atom. The van der Waals surface area contributed by atoms with E-state index < -0.39 is 24.9 Å². The van der Waals surface area contributed by atoms with Crippen LogP contribution in [0.1, 0.15) is 10.4 Å². The topological polar surface area (TPSA) is 64.3 Å². The van der Waals surface area contributed by atoms with Gasteiger partial charge in [0.1, 0.15) is 5.75 Å². The molecule has 0 aliphatic rings. The van der Waals surface area contributed by atoms with E-state index in [-0.39, 0.29) is 11.3 Å². The van der Waals surface area contributed by atoms with Gasteiger partial charge in [-0.2, -0.15) is 0 Å². The summed E-state index contributed by atoms with van der Waals surface area (Å²) in [6, 6.07) is 4.36. The third-order valence-corrected chi connectivity index (χ3v) is 2.45. The first-order valence-electron chi connectivity index (χ1n) is 5.09. The number of halogens is 3. The number of carbonyl (C=O) groups is 1. The first kappa shape index (κ1) is 14.7. The van der Waals surface area contributed by atoms with Crippen LogP contribution in [0.2, 0.25) is 5.02 Å². The number of nitrogens with two attached hydrogens (primary N) is 1. The molecule has 0 aliphatic carbocycles. The molecule has 0 heterocycles. The van der Waals surface area contributed by atoms with E-state index in [0.717, 1.165) is 0 Å². The lowest BCUT2D eigenvalue weighted by Gasteiger charge is -2.15. The van der Waals surface area contributed by atoms with Crippen LogP contribution in [-0.2, 0) is 0 Å². The van der Waals surface area contributed by atoms with Gasteiger partial charge in [-0.25, -0.2) is 8.78 Å². The summed E-state index contributed by atoms with van der Waals surface area (Å²) < 4.78 is 30.7. The fraction of sp³-hybridized carbons (Fsp3) is 0.364. The van der Waals surface area contributed by atoms with E-state index >= 15 is 0 Å². The summed E-state index contributed by atoms with van der Waals surface area (Å²) >= 11 is 5.73. The Hall–Kier alpha value is -1.40. The molecule has 100 valence electrons. The minimum atomic E-state index is -3.14. The van der Waals surface area contributed by atoms with Crippen LogP contribution in [0.3, 0.4) is 0 Å². The second-order valence-electron chi connectivity index (χ2n) is 3.59. The molecular formula is C11H13ClF2N2O2. The quantitative estimate of drug-likeness (QED) is 0.861. The first-order chi connectivity index (χ1) is 8.39. The molecule has 4 nitrogen and oxygen atoms in total. The molecule has 1 aromatic carbocycles. The third-order valence-electron chi connectivity index (χ3n) is 2.21. The summed E-state index contributed by atoms with van der Waals surface area (Å²) in [5.41, 5.74) is 4.96. The number of alkyl halides is 2. The molecule has 0 radical (unpaired) electrons. The molecule has 0 saturated carbocycles. The number of rotatable bonds is 5. The lowest BCUT2D eigenvalue weighted by Crippen LogP contribution is -2.41. The van der Waals surface area contributed by atoms with Gasteiger partial charge >= 0.3 is 0 Å². The van der Waals surface area contributed by atoms with Crippen LogP contribution in [0.15, 0.2) is 18.2 Å². The van der Waals surface area contributed by atoms with Crippen LogP contribution in [0.5, 0.6) is 5.75 Å². The molecule has 1 amide bonds. The molecule has 3 N–H and O–H groups in total. The maximum atomic E-state index is 12.9. The molecular weight excluding hydrogens is 266 g/mol. The van der Waals surface area contributed by atoms with E-state index in [1.54, 1.807) is 0 Å². The fourth-order valence-corrected chi connectivity index (χ4v) is 1.41. The van der Waals surface area contributed by atoms with E-state index in [1.165, 1.54) is 25.3 Å².